The van der Waals surface area contributed by atoms with Gasteiger partial charge in [-0.1, -0.05) is 37.3 Å². The third-order valence-electron chi connectivity index (χ3n) is 5.40. The van der Waals surface area contributed by atoms with E-state index in [9.17, 15) is 9.59 Å². The summed E-state index contributed by atoms with van der Waals surface area (Å²) in [7, 11) is 2.00. The van der Waals surface area contributed by atoms with Gasteiger partial charge in [0.25, 0.3) is 0 Å². The topological polar surface area (TPSA) is 55.9 Å². The van der Waals surface area contributed by atoms with Gasteiger partial charge in [-0.3, -0.25) is 9.69 Å². The average molecular weight is 344 g/mol. The van der Waals surface area contributed by atoms with Crippen molar-refractivity contribution in [2.75, 3.05) is 39.8 Å². The minimum atomic E-state index is -0.238. The molecule has 3 amide bonds. The molecule has 6 nitrogen and oxygen atoms in total. The molecule has 3 rings (SSSR count). The molecule has 136 valence electrons. The zero-order valence-electron chi connectivity index (χ0n) is 15.1. The number of piperidine rings is 1. The highest BCUT2D eigenvalue weighted by atomic mass is 16.2. The lowest BCUT2D eigenvalue weighted by Crippen LogP contribution is -2.50. The standard InChI is InChI=1S/C19H28N4O2/c1-3-21(2)17(15-7-5-4-6-8-15)18(24)22-12-9-16(10-13-22)23-14-11-20-19(23)25/h4-8,16-17H,3,9-14H2,1-2H3,(H,20,25)/t17-/m1/s1. The zero-order chi connectivity index (χ0) is 17.8. The van der Waals surface area contributed by atoms with Crippen molar-refractivity contribution in [3.05, 3.63) is 35.9 Å². The third-order valence-corrected chi connectivity index (χ3v) is 5.40. The van der Waals surface area contributed by atoms with Crippen molar-refractivity contribution >= 4 is 11.9 Å². The minimum Gasteiger partial charge on any atom is -0.341 e. The van der Waals surface area contributed by atoms with Crippen LogP contribution in [0.15, 0.2) is 30.3 Å². The predicted octanol–water partition coefficient (Wildman–Crippen LogP) is 1.70. The van der Waals surface area contributed by atoms with E-state index in [0.29, 0.717) is 13.1 Å². The molecule has 1 aromatic rings. The number of carbonyl (C=O) groups excluding carboxylic acids is 2. The number of nitrogens with one attached hydrogen (secondary N) is 1. The second-order valence-electron chi connectivity index (χ2n) is 6.87. The largest absolute Gasteiger partial charge is 0.341 e. The molecule has 0 bridgehead atoms. The Hall–Kier alpha value is -2.08. The van der Waals surface area contributed by atoms with E-state index < -0.39 is 0 Å². The Bertz CT molecular complexity index is 599. The number of benzene rings is 1. The lowest BCUT2D eigenvalue weighted by atomic mass is 9.99. The Morgan fingerprint density at radius 2 is 1.92 bits per heavy atom. The maximum absolute atomic E-state index is 13.2. The Kier molecular flexibility index (Phi) is 5.58. The van der Waals surface area contributed by atoms with Crippen LogP contribution < -0.4 is 5.32 Å². The summed E-state index contributed by atoms with van der Waals surface area (Å²) >= 11 is 0. The molecule has 25 heavy (non-hydrogen) atoms. The van der Waals surface area contributed by atoms with E-state index in [4.69, 9.17) is 0 Å². The van der Waals surface area contributed by atoms with Crippen LogP contribution in [0, 0.1) is 0 Å². The van der Waals surface area contributed by atoms with Gasteiger partial charge in [-0.15, -0.1) is 0 Å². The lowest BCUT2D eigenvalue weighted by Gasteiger charge is -2.39. The Morgan fingerprint density at radius 1 is 1.24 bits per heavy atom. The fourth-order valence-corrected chi connectivity index (χ4v) is 3.81. The summed E-state index contributed by atoms with van der Waals surface area (Å²) in [6.45, 7) is 5.83. The van der Waals surface area contributed by atoms with Crippen molar-refractivity contribution in [1.82, 2.24) is 20.0 Å². The summed E-state index contributed by atoms with van der Waals surface area (Å²) in [5.74, 6) is 0.167. The molecule has 1 atom stereocenters. The van der Waals surface area contributed by atoms with E-state index in [1.54, 1.807) is 0 Å². The quantitative estimate of drug-likeness (QED) is 0.884. The number of amides is 3. The Morgan fingerprint density at radius 3 is 2.48 bits per heavy atom. The van der Waals surface area contributed by atoms with Crippen LogP contribution in [0.3, 0.4) is 0 Å². The van der Waals surface area contributed by atoms with Crippen molar-refractivity contribution in [3.8, 4) is 0 Å². The van der Waals surface area contributed by atoms with Crippen LogP contribution in [0.5, 0.6) is 0 Å². The second kappa shape index (κ2) is 7.87. The number of nitrogens with zero attached hydrogens (tertiary/aromatic N) is 3. The molecule has 6 heteroatoms. The highest BCUT2D eigenvalue weighted by Crippen LogP contribution is 2.25. The van der Waals surface area contributed by atoms with Gasteiger partial charge in [0, 0.05) is 32.2 Å². The van der Waals surface area contributed by atoms with Gasteiger partial charge in [-0.05, 0) is 32.0 Å². The monoisotopic (exact) mass is 344 g/mol. The molecule has 2 heterocycles. The van der Waals surface area contributed by atoms with Gasteiger partial charge in [-0.2, -0.15) is 0 Å². The number of likely N-dealkylation sites (tertiary alicyclic amines) is 1. The van der Waals surface area contributed by atoms with Gasteiger partial charge in [-0.25, -0.2) is 4.79 Å². The maximum Gasteiger partial charge on any atom is 0.317 e. The molecular weight excluding hydrogens is 316 g/mol. The summed E-state index contributed by atoms with van der Waals surface area (Å²) in [5, 5.41) is 2.86. The van der Waals surface area contributed by atoms with Gasteiger partial charge in [0.1, 0.15) is 6.04 Å². The normalized spacial score (nSPS) is 20.0. The van der Waals surface area contributed by atoms with Crippen LogP contribution in [-0.4, -0.2) is 72.5 Å². The van der Waals surface area contributed by atoms with Crippen LogP contribution in [0.1, 0.15) is 31.4 Å². The van der Waals surface area contributed by atoms with E-state index >= 15 is 0 Å². The van der Waals surface area contributed by atoms with E-state index in [1.165, 1.54) is 0 Å². The molecule has 1 aromatic carbocycles. The molecule has 2 fully saturated rings. The van der Waals surface area contributed by atoms with Gasteiger partial charge in [0.2, 0.25) is 5.91 Å². The molecule has 0 aromatic heterocycles. The van der Waals surface area contributed by atoms with E-state index in [0.717, 1.165) is 38.0 Å². The van der Waals surface area contributed by atoms with E-state index in [2.05, 4.69) is 17.1 Å². The van der Waals surface area contributed by atoms with Gasteiger partial charge in [0.05, 0.1) is 0 Å². The Labute approximate surface area is 149 Å². The molecule has 0 saturated carbocycles. The number of urea groups is 1. The number of hydrogen-bond acceptors (Lipinski definition) is 3. The average Bonchev–Trinajstić information content (AvgIpc) is 3.08. The van der Waals surface area contributed by atoms with Crippen LogP contribution in [0.2, 0.25) is 0 Å². The van der Waals surface area contributed by atoms with Gasteiger partial charge < -0.3 is 15.1 Å². The van der Waals surface area contributed by atoms with Crippen molar-refractivity contribution in [3.63, 3.8) is 0 Å². The van der Waals surface area contributed by atoms with Crippen molar-refractivity contribution in [2.24, 2.45) is 0 Å². The lowest BCUT2D eigenvalue weighted by molar-refractivity contribution is -0.138. The SMILES string of the molecule is CCN(C)[C@@H](C(=O)N1CCC(N2CCNC2=O)CC1)c1ccccc1. The van der Waals surface area contributed by atoms with Crippen molar-refractivity contribution in [2.45, 2.75) is 31.8 Å². The molecule has 0 aliphatic carbocycles. The third kappa shape index (κ3) is 3.79. The fourth-order valence-electron chi connectivity index (χ4n) is 3.81. The Balaban J connectivity index is 1.66. The summed E-state index contributed by atoms with van der Waals surface area (Å²) < 4.78 is 0. The maximum atomic E-state index is 13.2. The highest BCUT2D eigenvalue weighted by Gasteiger charge is 2.35. The number of carbonyl (C=O) groups is 2. The first-order valence-corrected chi connectivity index (χ1v) is 9.20. The highest BCUT2D eigenvalue weighted by molar-refractivity contribution is 5.83. The van der Waals surface area contributed by atoms with Gasteiger partial charge in [0.15, 0.2) is 0 Å². The number of hydrogen-bond donors (Lipinski definition) is 1. The minimum absolute atomic E-state index is 0.0395. The predicted molar refractivity (Wildman–Crippen MR) is 97.2 cm³/mol. The van der Waals surface area contributed by atoms with Crippen LogP contribution in [-0.2, 0) is 4.79 Å². The molecule has 0 unspecified atom stereocenters. The molecule has 1 N–H and O–H groups in total. The first-order valence-electron chi connectivity index (χ1n) is 9.20. The first-order chi connectivity index (χ1) is 12.1. The number of likely N-dealkylation sites (N-methyl/N-ethyl adjacent to an activating group) is 1. The van der Waals surface area contributed by atoms with Crippen molar-refractivity contribution < 1.29 is 9.59 Å². The fraction of sp³-hybridized carbons (Fsp3) is 0.579. The van der Waals surface area contributed by atoms with Crippen LogP contribution in [0.25, 0.3) is 0 Å². The van der Waals surface area contributed by atoms with E-state index in [-0.39, 0.29) is 24.0 Å². The van der Waals surface area contributed by atoms with Crippen LogP contribution >= 0.6 is 0 Å². The molecule has 2 aliphatic rings. The van der Waals surface area contributed by atoms with Gasteiger partial charge >= 0.3 is 6.03 Å². The molecule has 0 spiro atoms. The molecule has 0 radical (unpaired) electrons. The zero-order valence-corrected chi connectivity index (χ0v) is 15.1. The molecular formula is C19H28N4O2. The number of rotatable bonds is 5. The summed E-state index contributed by atoms with van der Waals surface area (Å²) in [6, 6.07) is 10.0. The summed E-state index contributed by atoms with van der Waals surface area (Å²) in [6.07, 6.45) is 1.72. The second-order valence-corrected chi connectivity index (χ2v) is 6.87. The summed E-state index contributed by atoms with van der Waals surface area (Å²) in [5.41, 5.74) is 1.04. The first kappa shape index (κ1) is 17.7. The van der Waals surface area contributed by atoms with Crippen LogP contribution in [0.4, 0.5) is 4.79 Å². The van der Waals surface area contributed by atoms with Crippen molar-refractivity contribution in [1.29, 1.82) is 0 Å². The van der Waals surface area contributed by atoms with E-state index in [1.807, 2.05) is 47.2 Å². The molecule has 2 saturated heterocycles. The molecule has 2 aliphatic heterocycles. The summed E-state index contributed by atoms with van der Waals surface area (Å²) in [4.78, 5) is 31.0. The smallest absolute Gasteiger partial charge is 0.317 e.